The van der Waals surface area contributed by atoms with Crippen LogP contribution in [-0.4, -0.2) is 54.3 Å². The second-order valence-electron chi connectivity index (χ2n) is 10.4. The Morgan fingerprint density at radius 2 is 1.93 bits per heavy atom. The Kier molecular flexibility index (Phi) is 7.48. The smallest absolute Gasteiger partial charge is 0.338 e. The number of ether oxygens (including phenoxy) is 4. The Bertz CT molecular complexity index is 1620. The second-order valence-corrected chi connectivity index (χ2v) is 10.9. The van der Waals surface area contributed by atoms with Gasteiger partial charge in [0.05, 0.1) is 31.8 Å². The molecular weight excluding hydrogens is 549 g/mol. The maximum atomic E-state index is 14.5. The molecule has 0 radical (unpaired) electrons. The Morgan fingerprint density at radius 1 is 1.12 bits per heavy atom. The van der Waals surface area contributed by atoms with Gasteiger partial charge in [0.2, 0.25) is 0 Å². The van der Waals surface area contributed by atoms with Gasteiger partial charge in [0.25, 0.3) is 0 Å². The molecule has 0 unspecified atom stereocenters. The molecule has 2 aliphatic heterocycles. The zero-order valence-electron chi connectivity index (χ0n) is 23.2. The molecular formula is C31H31ClFN3O5. The molecule has 214 valence electrons. The first-order valence-electron chi connectivity index (χ1n) is 13.6. The largest absolute Gasteiger partial charge is 0.494 e. The molecule has 1 aromatic heterocycles. The van der Waals surface area contributed by atoms with E-state index in [0.29, 0.717) is 40.1 Å². The van der Waals surface area contributed by atoms with Crippen LogP contribution in [-0.2, 0) is 18.3 Å². The predicted octanol–water partition coefficient (Wildman–Crippen LogP) is 6.05. The van der Waals surface area contributed by atoms with E-state index in [2.05, 4.69) is 11.0 Å². The van der Waals surface area contributed by atoms with Gasteiger partial charge in [-0.05, 0) is 62.2 Å². The number of esters is 1. The summed E-state index contributed by atoms with van der Waals surface area (Å²) in [6, 6.07) is 14.0. The third-order valence-electron chi connectivity index (χ3n) is 8.04. The minimum Gasteiger partial charge on any atom is -0.494 e. The molecule has 0 amide bonds. The van der Waals surface area contributed by atoms with Crippen LogP contribution in [0.1, 0.15) is 52.2 Å². The molecule has 41 heavy (non-hydrogen) atoms. The van der Waals surface area contributed by atoms with Crippen LogP contribution in [0.2, 0.25) is 5.02 Å². The number of aromatic nitrogens is 2. The number of hydrogen-bond donors (Lipinski definition) is 0. The number of hydrogen-bond acceptors (Lipinski definition) is 7. The minimum absolute atomic E-state index is 0.231. The predicted molar refractivity (Wildman–Crippen MR) is 153 cm³/mol. The zero-order chi connectivity index (χ0) is 28.7. The number of fused-ring (bicyclic) bond motifs is 2. The summed E-state index contributed by atoms with van der Waals surface area (Å²) in [5, 5.41) is 0.348. The molecule has 0 spiro atoms. The fraction of sp³-hybridized carbons (Fsp3) is 0.355. The molecule has 1 saturated heterocycles. The molecule has 2 aliphatic rings. The highest BCUT2D eigenvalue weighted by Crippen LogP contribution is 2.44. The number of benzene rings is 3. The van der Waals surface area contributed by atoms with E-state index in [4.69, 9.17) is 35.5 Å². The first-order valence-corrected chi connectivity index (χ1v) is 14.0. The van der Waals surface area contributed by atoms with Crippen LogP contribution in [0.4, 0.5) is 4.39 Å². The monoisotopic (exact) mass is 579 g/mol. The van der Waals surface area contributed by atoms with Gasteiger partial charge in [-0.1, -0.05) is 29.8 Å². The molecule has 3 heterocycles. The van der Waals surface area contributed by atoms with Crippen molar-refractivity contribution in [2.24, 2.45) is 7.05 Å². The van der Waals surface area contributed by atoms with Crippen molar-refractivity contribution in [3.8, 4) is 17.2 Å². The highest BCUT2D eigenvalue weighted by molar-refractivity contribution is 6.30. The molecule has 8 nitrogen and oxygen atoms in total. The number of likely N-dealkylation sites (tertiary alicyclic amines) is 1. The summed E-state index contributed by atoms with van der Waals surface area (Å²) in [4.78, 5) is 19.4. The van der Waals surface area contributed by atoms with Crippen molar-refractivity contribution < 1.29 is 28.1 Å². The average Bonchev–Trinajstić information content (AvgIpc) is 3.30. The molecule has 4 aromatic rings. The summed E-state index contributed by atoms with van der Waals surface area (Å²) < 4.78 is 39.3. The first kappa shape index (κ1) is 27.4. The van der Waals surface area contributed by atoms with E-state index in [0.717, 1.165) is 54.1 Å². The SMILES string of the molecule is COC(=O)c1cc(OC)c2nc(CN3CCC(c4cccc5c4OC[C@@H](c4ccc(Cl)cc4F)O5)CC3)n(C)c2c1. The molecule has 0 aliphatic carbocycles. The number of para-hydroxylation sites is 1. The van der Waals surface area contributed by atoms with Gasteiger partial charge in [-0.15, -0.1) is 0 Å². The molecule has 0 bridgehead atoms. The van der Waals surface area contributed by atoms with E-state index in [1.54, 1.807) is 31.4 Å². The third-order valence-corrected chi connectivity index (χ3v) is 8.28. The van der Waals surface area contributed by atoms with E-state index in [-0.39, 0.29) is 6.61 Å². The number of rotatable bonds is 6. The van der Waals surface area contributed by atoms with E-state index in [1.165, 1.54) is 13.2 Å². The Balaban J connectivity index is 1.15. The number of carbonyl (C=O) groups excluding carboxylic acids is 1. The number of methoxy groups -OCH3 is 2. The Morgan fingerprint density at radius 3 is 2.66 bits per heavy atom. The topological polar surface area (TPSA) is 75.1 Å². The van der Waals surface area contributed by atoms with Crippen molar-refractivity contribution in [2.75, 3.05) is 33.9 Å². The summed E-state index contributed by atoms with van der Waals surface area (Å²) in [5.74, 6) is 2.32. The second kappa shape index (κ2) is 11.2. The lowest BCUT2D eigenvalue weighted by molar-refractivity contribution is 0.0600. The number of carbonyl (C=O) groups is 1. The van der Waals surface area contributed by atoms with E-state index in [1.807, 2.05) is 23.7 Å². The number of aryl methyl sites for hydroxylation is 1. The lowest BCUT2D eigenvalue weighted by atomic mass is 9.88. The van der Waals surface area contributed by atoms with Crippen molar-refractivity contribution in [1.82, 2.24) is 14.5 Å². The van der Waals surface area contributed by atoms with Crippen molar-refractivity contribution >= 4 is 28.6 Å². The molecule has 3 aromatic carbocycles. The van der Waals surface area contributed by atoms with Crippen molar-refractivity contribution in [1.29, 1.82) is 0 Å². The highest BCUT2D eigenvalue weighted by atomic mass is 35.5. The van der Waals surface area contributed by atoms with Crippen LogP contribution in [0, 0.1) is 5.82 Å². The van der Waals surface area contributed by atoms with Crippen LogP contribution in [0.15, 0.2) is 48.5 Å². The normalized spacial score (nSPS) is 17.5. The number of piperidine rings is 1. The first-order chi connectivity index (χ1) is 19.9. The molecule has 10 heteroatoms. The van der Waals surface area contributed by atoms with Gasteiger partial charge >= 0.3 is 5.97 Å². The summed E-state index contributed by atoms with van der Waals surface area (Å²) >= 11 is 5.92. The van der Waals surface area contributed by atoms with Gasteiger partial charge in [-0.2, -0.15) is 0 Å². The summed E-state index contributed by atoms with van der Waals surface area (Å²) in [6.45, 7) is 2.69. The summed E-state index contributed by atoms with van der Waals surface area (Å²) in [6.07, 6.45) is 1.37. The van der Waals surface area contributed by atoms with Gasteiger partial charge in [-0.25, -0.2) is 14.2 Å². The van der Waals surface area contributed by atoms with Crippen LogP contribution in [0.3, 0.4) is 0 Å². The fourth-order valence-electron chi connectivity index (χ4n) is 5.80. The lowest BCUT2D eigenvalue weighted by Crippen LogP contribution is -2.33. The van der Waals surface area contributed by atoms with Gasteiger partial charge in [0, 0.05) is 23.2 Å². The van der Waals surface area contributed by atoms with Crippen LogP contribution in [0.25, 0.3) is 11.0 Å². The minimum atomic E-state index is -0.535. The quantitative estimate of drug-likeness (QED) is 0.257. The van der Waals surface area contributed by atoms with E-state index < -0.39 is 17.9 Å². The van der Waals surface area contributed by atoms with E-state index in [9.17, 15) is 9.18 Å². The standard InChI is InChI=1S/C31H31ClFN3O5/c1-35-24-13-19(31(37)39-3)14-26(38-2)29(24)34-28(35)16-36-11-9-18(10-12-36)21-5-4-6-25-30(21)40-17-27(41-25)22-8-7-20(32)15-23(22)33/h4-8,13-15,18,27H,9-12,16-17H2,1-3H3/t27-/m0/s1. The van der Waals surface area contributed by atoms with Crippen molar-refractivity contribution in [3.05, 3.63) is 81.9 Å². The number of imidazole rings is 1. The van der Waals surface area contributed by atoms with Gasteiger partial charge in [0.15, 0.2) is 17.6 Å². The lowest BCUT2D eigenvalue weighted by Gasteiger charge is -2.34. The van der Waals surface area contributed by atoms with Crippen molar-refractivity contribution in [3.63, 3.8) is 0 Å². The van der Waals surface area contributed by atoms with Crippen molar-refractivity contribution in [2.45, 2.75) is 31.4 Å². The van der Waals surface area contributed by atoms with Crippen LogP contribution < -0.4 is 14.2 Å². The molecule has 1 atom stereocenters. The summed E-state index contributed by atoms with van der Waals surface area (Å²) in [5.41, 5.74) is 3.52. The van der Waals surface area contributed by atoms with E-state index >= 15 is 0 Å². The Hall–Kier alpha value is -3.82. The van der Waals surface area contributed by atoms with Crippen LogP contribution >= 0.6 is 11.6 Å². The molecule has 1 fully saturated rings. The third kappa shape index (κ3) is 5.20. The summed E-state index contributed by atoms with van der Waals surface area (Å²) in [7, 11) is 4.89. The Labute approximate surface area is 242 Å². The van der Waals surface area contributed by atoms with Gasteiger partial charge in [-0.3, -0.25) is 4.90 Å². The van der Waals surface area contributed by atoms with Gasteiger partial charge in [0.1, 0.15) is 29.5 Å². The highest BCUT2D eigenvalue weighted by Gasteiger charge is 2.31. The fourth-order valence-corrected chi connectivity index (χ4v) is 5.96. The molecule has 0 N–H and O–H groups in total. The zero-order valence-corrected chi connectivity index (χ0v) is 23.9. The number of nitrogens with zero attached hydrogens (tertiary/aromatic N) is 3. The number of halogens is 2. The maximum Gasteiger partial charge on any atom is 0.338 e. The van der Waals surface area contributed by atoms with Crippen LogP contribution in [0.5, 0.6) is 17.2 Å². The molecule has 6 rings (SSSR count). The van der Waals surface area contributed by atoms with Gasteiger partial charge < -0.3 is 23.5 Å². The average molecular weight is 580 g/mol. The molecule has 0 saturated carbocycles. The maximum absolute atomic E-state index is 14.5.